The highest BCUT2D eigenvalue weighted by Crippen LogP contribution is 2.34. The van der Waals surface area contributed by atoms with Crippen molar-refractivity contribution >= 4 is 5.91 Å². The Hall–Kier alpha value is -1.69. The summed E-state index contributed by atoms with van der Waals surface area (Å²) in [7, 11) is 1.72. The van der Waals surface area contributed by atoms with E-state index in [2.05, 4.69) is 21.1 Å². The standard InChI is InChI=1S/C19H28N4O2/c1-25-13-16-11-22(18(24)9-14-5-3-2-4-6-14)12-17-19(16)23(21-20-17)10-15-7-8-15/h5,15-16H,2-4,6-13H2,1H3/t16-/m0/s1. The number of aromatic nitrogens is 3. The molecule has 0 radical (unpaired) electrons. The Labute approximate surface area is 149 Å². The molecule has 2 heterocycles. The van der Waals surface area contributed by atoms with Crippen molar-refractivity contribution in [3.05, 3.63) is 23.0 Å². The summed E-state index contributed by atoms with van der Waals surface area (Å²) in [6.07, 6.45) is 10.1. The van der Waals surface area contributed by atoms with Crippen LogP contribution in [-0.2, 0) is 22.6 Å². The predicted octanol–water partition coefficient (Wildman–Crippen LogP) is 2.65. The molecule has 0 N–H and O–H groups in total. The monoisotopic (exact) mass is 344 g/mol. The molecule has 0 unspecified atom stereocenters. The Morgan fingerprint density at radius 3 is 2.96 bits per heavy atom. The van der Waals surface area contributed by atoms with Gasteiger partial charge < -0.3 is 9.64 Å². The van der Waals surface area contributed by atoms with Gasteiger partial charge in [-0.15, -0.1) is 5.10 Å². The fraction of sp³-hybridized carbons (Fsp3) is 0.737. The van der Waals surface area contributed by atoms with Crippen molar-refractivity contribution in [3.63, 3.8) is 0 Å². The van der Waals surface area contributed by atoms with Crippen LogP contribution in [0, 0.1) is 5.92 Å². The molecule has 0 bridgehead atoms. The first-order valence-electron chi connectivity index (χ1n) is 9.61. The summed E-state index contributed by atoms with van der Waals surface area (Å²) in [6.45, 7) is 2.87. The minimum absolute atomic E-state index is 0.173. The Morgan fingerprint density at radius 2 is 2.24 bits per heavy atom. The Morgan fingerprint density at radius 1 is 1.36 bits per heavy atom. The quantitative estimate of drug-likeness (QED) is 0.745. The van der Waals surface area contributed by atoms with Gasteiger partial charge in [0.2, 0.25) is 5.91 Å². The number of rotatable bonds is 6. The molecule has 1 saturated carbocycles. The molecule has 1 fully saturated rings. The first-order chi connectivity index (χ1) is 12.2. The molecule has 1 aromatic rings. The fourth-order valence-electron chi connectivity index (χ4n) is 4.09. The number of carbonyl (C=O) groups is 1. The van der Waals surface area contributed by atoms with E-state index in [1.54, 1.807) is 7.11 Å². The molecule has 1 aliphatic heterocycles. The van der Waals surface area contributed by atoms with E-state index in [0.29, 0.717) is 26.1 Å². The van der Waals surface area contributed by atoms with Crippen molar-refractivity contribution in [1.82, 2.24) is 19.9 Å². The highest BCUT2D eigenvalue weighted by molar-refractivity contribution is 5.79. The van der Waals surface area contributed by atoms with Crippen molar-refractivity contribution in [2.24, 2.45) is 5.92 Å². The molecule has 3 aliphatic rings. The average molecular weight is 344 g/mol. The summed E-state index contributed by atoms with van der Waals surface area (Å²) in [4.78, 5) is 14.8. The van der Waals surface area contributed by atoms with E-state index in [9.17, 15) is 4.79 Å². The molecule has 4 rings (SSSR count). The Kier molecular flexibility index (Phi) is 4.88. The van der Waals surface area contributed by atoms with Crippen molar-refractivity contribution in [2.45, 2.75) is 64.0 Å². The lowest BCUT2D eigenvalue weighted by Crippen LogP contribution is -2.40. The number of hydrogen-bond acceptors (Lipinski definition) is 4. The number of hydrogen-bond donors (Lipinski definition) is 0. The van der Waals surface area contributed by atoms with Gasteiger partial charge in [-0.05, 0) is 44.4 Å². The van der Waals surface area contributed by atoms with Crippen molar-refractivity contribution in [1.29, 1.82) is 0 Å². The van der Waals surface area contributed by atoms with Gasteiger partial charge in [-0.1, -0.05) is 16.9 Å². The van der Waals surface area contributed by atoms with Gasteiger partial charge in [0.05, 0.1) is 18.8 Å². The zero-order chi connectivity index (χ0) is 17.2. The van der Waals surface area contributed by atoms with Crippen LogP contribution >= 0.6 is 0 Å². The summed E-state index contributed by atoms with van der Waals surface area (Å²) in [5.41, 5.74) is 3.46. The third-order valence-corrected chi connectivity index (χ3v) is 5.63. The number of allylic oxidation sites excluding steroid dienone is 1. The summed E-state index contributed by atoms with van der Waals surface area (Å²) < 4.78 is 7.51. The predicted molar refractivity (Wildman–Crippen MR) is 93.9 cm³/mol. The van der Waals surface area contributed by atoms with Crippen LogP contribution < -0.4 is 0 Å². The molecule has 1 atom stereocenters. The van der Waals surface area contributed by atoms with Gasteiger partial charge >= 0.3 is 0 Å². The lowest BCUT2D eigenvalue weighted by atomic mass is 9.95. The van der Waals surface area contributed by atoms with Gasteiger partial charge in [-0.3, -0.25) is 4.79 Å². The van der Waals surface area contributed by atoms with Crippen LogP contribution in [0.2, 0.25) is 0 Å². The molecule has 1 amide bonds. The molecule has 1 aromatic heterocycles. The second kappa shape index (κ2) is 7.28. The molecule has 6 nitrogen and oxygen atoms in total. The number of methoxy groups -OCH3 is 1. The molecule has 6 heteroatoms. The molecule has 136 valence electrons. The van der Waals surface area contributed by atoms with E-state index in [-0.39, 0.29) is 11.8 Å². The first-order valence-corrected chi connectivity index (χ1v) is 9.61. The maximum atomic E-state index is 12.8. The van der Waals surface area contributed by atoms with E-state index < -0.39 is 0 Å². The molecule has 2 aliphatic carbocycles. The van der Waals surface area contributed by atoms with Crippen LogP contribution in [-0.4, -0.2) is 46.1 Å². The number of amides is 1. The van der Waals surface area contributed by atoms with Crippen LogP contribution in [0.4, 0.5) is 0 Å². The summed E-state index contributed by atoms with van der Waals surface area (Å²) in [5, 5.41) is 8.78. The number of carbonyl (C=O) groups excluding carboxylic acids is 1. The highest BCUT2D eigenvalue weighted by Gasteiger charge is 2.34. The zero-order valence-corrected chi connectivity index (χ0v) is 15.1. The van der Waals surface area contributed by atoms with Crippen LogP contribution in [0.1, 0.15) is 62.3 Å². The third-order valence-electron chi connectivity index (χ3n) is 5.63. The molecule has 0 saturated heterocycles. The lowest BCUT2D eigenvalue weighted by Gasteiger charge is -2.32. The smallest absolute Gasteiger partial charge is 0.227 e. The van der Waals surface area contributed by atoms with Gasteiger partial charge in [0.25, 0.3) is 0 Å². The molecule has 25 heavy (non-hydrogen) atoms. The normalized spacial score (nSPS) is 23.3. The van der Waals surface area contributed by atoms with Crippen LogP contribution in [0.25, 0.3) is 0 Å². The SMILES string of the molecule is COC[C@@H]1CN(C(=O)CC2=CCCCC2)Cc2nnn(CC3CC3)c21. The number of fused-ring (bicyclic) bond motifs is 1. The largest absolute Gasteiger partial charge is 0.384 e. The van der Waals surface area contributed by atoms with Gasteiger partial charge in [0.15, 0.2) is 0 Å². The minimum Gasteiger partial charge on any atom is -0.384 e. The van der Waals surface area contributed by atoms with Crippen molar-refractivity contribution in [2.75, 3.05) is 20.3 Å². The summed E-state index contributed by atoms with van der Waals surface area (Å²) in [6, 6.07) is 0. The van der Waals surface area contributed by atoms with E-state index in [1.165, 1.54) is 37.0 Å². The van der Waals surface area contributed by atoms with E-state index in [0.717, 1.165) is 31.0 Å². The van der Waals surface area contributed by atoms with Crippen LogP contribution in [0.3, 0.4) is 0 Å². The van der Waals surface area contributed by atoms with Crippen LogP contribution in [0.5, 0.6) is 0 Å². The fourth-order valence-corrected chi connectivity index (χ4v) is 4.09. The van der Waals surface area contributed by atoms with Gasteiger partial charge in [-0.25, -0.2) is 4.68 Å². The minimum atomic E-state index is 0.173. The molecule has 0 aromatic carbocycles. The molecular weight excluding hydrogens is 316 g/mol. The second-order valence-corrected chi connectivity index (χ2v) is 7.76. The summed E-state index contributed by atoms with van der Waals surface area (Å²) in [5.74, 6) is 1.15. The summed E-state index contributed by atoms with van der Waals surface area (Å²) >= 11 is 0. The van der Waals surface area contributed by atoms with Gasteiger partial charge in [-0.2, -0.15) is 0 Å². The maximum absolute atomic E-state index is 12.8. The number of nitrogens with zero attached hydrogens (tertiary/aromatic N) is 4. The molecule has 0 spiro atoms. The van der Waals surface area contributed by atoms with Crippen molar-refractivity contribution in [3.8, 4) is 0 Å². The average Bonchev–Trinajstić information content (AvgIpc) is 3.34. The lowest BCUT2D eigenvalue weighted by molar-refractivity contribution is -0.132. The van der Waals surface area contributed by atoms with Gasteiger partial charge in [0.1, 0.15) is 5.69 Å². The second-order valence-electron chi connectivity index (χ2n) is 7.76. The first kappa shape index (κ1) is 16.8. The highest BCUT2D eigenvalue weighted by atomic mass is 16.5. The van der Waals surface area contributed by atoms with Gasteiger partial charge in [0, 0.05) is 32.5 Å². The number of ether oxygens (including phenoxy) is 1. The molecular formula is C19H28N4O2. The van der Waals surface area contributed by atoms with Crippen molar-refractivity contribution < 1.29 is 9.53 Å². The van der Waals surface area contributed by atoms with E-state index >= 15 is 0 Å². The van der Waals surface area contributed by atoms with E-state index in [4.69, 9.17) is 4.74 Å². The Balaban J connectivity index is 1.49. The zero-order valence-electron chi connectivity index (χ0n) is 15.1. The van der Waals surface area contributed by atoms with E-state index in [1.807, 2.05) is 4.90 Å². The maximum Gasteiger partial charge on any atom is 0.227 e. The third kappa shape index (κ3) is 3.78. The topological polar surface area (TPSA) is 60.2 Å². The Bertz CT molecular complexity index is 662. The van der Waals surface area contributed by atoms with Crippen LogP contribution in [0.15, 0.2) is 11.6 Å².